The largest absolute Gasteiger partial charge is 0.293 e. The van der Waals surface area contributed by atoms with Gasteiger partial charge in [-0.1, -0.05) is 24.3 Å². The number of aryl methyl sites for hydroxylation is 1. The zero-order valence-electron chi connectivity index (χ0n) is 10.1. The van der Waals surface area contributed by atoms with Gasteiger partial charge in [-0.3, -0.25) is 4.79 Å². The van der Waals surface area contributed by atoms with Crippen LogP contribution in [0, 0.1) is 12.7 Å². The number of hydrogen-bond acceptors (Lipinski definition) is 1. The van der Waals surface area contributed by atoms with Gasteiger partial charge in [0.15, 0.2) is 5.78 Å². The number of benzene rings is 2. The van der Waals surface area contributed by atoms with Crippen molar-refractivity contribution in [2.45, 2.75) is 19.3 Å². The highest BCUT2D eigenvalue weighted by Gasteiger charge is 2.32. The third kappa shape index (κ3) is 1.65. The second-order valence-corrected chi connectivity index (χ2v) is 4.78. The first kappa shape index (κ1) is 11.1. The van der Waals surface area contributed by atoms with Gasteiger partial charge in [0.25, 0.3) is 0 Å². The van der Waals surface area contributed by atoms with E-state index in [1.165, 1.54) is 17.7 Å². The van der Waals surface area contributed by atoms with Crippen molar-refractivity contribution < 1.29 is 9.18 Å². The van der Waals surface area contributed by atoms with Gasteiger partial charge >= 0.3 is 0 Å². The first-order chi connectivity index (χ1) is 8.66. The molecule has 1 unspecified atom stereocenters. The summed E-state index contributed by atoms with van der Waals surface area (Å²) in [5.74, 6) is -0.241. The van der Waals surface area contributed by atoms with Crippen LogP contribution in [0.5, 0.6) is 0 Å². The number of carbonyl (C=O) groups is 1. The van der Waals surface area contributed by atoms with Crippen LogP contribution in [0.15, 0.2) is 42.5 Å². The van der Waals surface area contributed by atoms with Crippen LogP contribution in [0.2, 0.25) is 0 Å². The molecule has 3 rings (SSSR count). The predicted octanol–water partition coefficient (Wildman–Crippen LogP) is 3.66. The molecule has 18 heavy (non-hydrogen) atoms. The lowest BCUT2D eigenvalue weighted by atomic mass is 9.73. The van der Waals surface area contributed by atoms with Gasteiger partial charge in [0, 0.05) is 5.56 Å². The van der Waals surface area contributed by atoms with E-state index in [2.05, 4.69) is 6.07 Å². The Morgan fingerprint density at radius 3 is 2.72 bits per heavy atom. The van der Waals surface area contributed by atoms with E-state index in [0.717, 1.165) is 12.0 Å². The molecular formula is C16H13FO. The Morgan fingerprint density at radius 1 is 1.22 bits per heavy atom. The van der Waals surface area contributed by atoms with Crippen molar-refractivity contribution in [1.82, 2.24) is 0 Å². The highest BCUT2D eigenvalue weighted by atomic mass is 19.1. The van der Waals surface area contributed by atoms with Gasteiger partial charge in [-0.25, -0.2) is 4.39 Å². The fourth-order valence-corrected chi connectivity index (χ4v) is 2.58. The Labute approximate surface area is 105 Å². The minimum atomic E-state index is -0.293. The summed E-state index contributed by atoms with van der Waals surface area (Å²) in [6.45, 7) is 1.78. The van der Waals surface area contributed by atoms with Gasteiger partial charge in [-0.05, 0) is 48.2 Å². The summed E-state index contributed by atoms with van der Waals surface area (Å²) in [7, 11) is 0. The number of ketones is 1. The Bertz CT molecular complexity index is 631. The second-order valence-electron chi connectivity index (χ2n) is 4.78. The average molecular weight is 240 g/mol. The van der Waals surface area contributed by atoms with Crippen LogP contribution in [0.3, 0.4) is 0 Å². The van der Waals surface area contributed by atoms with Crippen LogP contribution in [-0.4, -0.2) is 5.78 Å². The fourth-order valence-electron chi connectivity index (χ4n) is 2.58. The van der Waals surface area contributed by atoms with Crippen molar-refractivity contribution in [2.24, 2.45) is 0 Å². The van der Waals surface area contributed by atoms with E-state index in [-0.39, 0.29) is 17.5 Å². The molecule has 0 aliphatic heterocycles. The van der Waals surface area contributed by atoms with Gasteiger partial charge in [0.1, 0.15) is 5.82 Å². The lowest BCUT2D eigenvalue weighted by Crippen LogP contribution is -2.25. The molecule has 0 bridgehead atoms. The summed E-state index contributed by atoms with van der Waals surface area (Å²) < 4.78 is 13.0. The van der Waals surface area contributed by atoms with Gasteiger partial charge in [0.05, 0.1) is 5.92 Å². The molecule has 2 aromatic rings. The Kier molecular flexibility index (Phi) is 2.51. The molecule has 0 spiro atoms. The van der Waals surface area contributed by atoms with Crippen LogP contribution >= 0.6 is 0 Å². The van der Waals surface area contributed by atoms with E-state index < -0.39 is 0 Å². The monoisotopic (exact) mass is 240 g/mol. The highest BCUT2D eigenvalue weighted by Crippen LogP contribution is 2.37. The number of hydrogen-bond donors (Lipinski definition) is 0. The molecule has 90 valence electrons. The molecule has 0 heterocycles. The molecule has 1 nitrogen and oxygen atoms in total. The van der Waals surface area contributed by atoms with Crippen molar-refractivity contribution in [3.63, 3.8) is 0 Å². The molecule has 0 N–H and O–H groups in total. The number of halogens is 1. The molecule has 1 aliphatic rings. The van der Waals surface area contributed by atoms with Crippen molar-refractivity contribution in [3.8, 4) is 0 Å². The summed E-state index contributed by atoms with van der Waals surface area (Å²) in [5.41, 5.74) is 3.71. The van der Waals surface area contributed by atoms with E-state index in [1.807, 2.05) is 18.2 Å². The molecule has 1 aliphatic carbocycles. The standard InChI is InChI=1S/C16H13FO/c1-10-8-12(17)6-7-13(10)16(18)15-9-11-4-2-3-5-14(11)15/h2-8,15H,9H2,1H3. The van der Waals surface area contributed by atoms with Crippen LogP contribution in [0.1, 0.15) is 33.0 Å². The molecular weight excluding hydrogens is 227 g/mol. The molecule has 0 fully saturated rings. The van der Waals surface area contributed by atoms with Crippen molar-refractivity contribution in [3.05, 3.63) is 70.5 Å². The maximum absolute atomic E-state index is 13.0. The molecule has 1 atom stereocenters. The van der Waals surface area contributed by atoms with Gasteiger partial charge in [0.2, 0.25) is 0 Å². The highest BCUT2D eigenvalue weighted by molar-refractivity contribution is 6.03. The average Bonchev–Trinajstić information content (AvgIpc) is 2.30. The molecule has 0 radical (unpaired) electrons. The summed E-state index contributed by atoms with van der Waals surface area (Å²) in [4.78, 5) is 12.4. The van der Waals surface area contributed by atoms with Crippen LogP contribution in [-0.2, 0) is 6.42 Å². The molecule has 2 aromatic carbocycles. The van der Waals surface area contributed by atoms with E-state index in [4.69, 9.17) is 0 Å². The lowest BCUT2D eigenvalue weighted by Gasteiger charge is -2.29. The van der Waals surface area contributed by atoms with Gasteiger partial charge in [-0.2, -0.15) is 0 Å². The smallest absolute Gasteiger partial charge is 0.170 e. The lowest BCUT2D eigenvalue weighted by molar-refractivity contribution is 0.0948. The quantitative estimate of drug-likeness (QED) is 0.732. The summed E-state index contributed by atoms with van der Waals surface area (Å²) in [6, 6.07) is 12.4. The predicted molar refractivity (Wildman–Crippen MR) is 68.4 cm³/mol. The molecule has 0 amide bonds. The van der Waals surface area contributed by atoms with Crippen LogP contribution in [0.25, 0.3) is 0 Å². The third-order valence-electron chi connectivity index (χ3n) is 3.62. The Morgan fingerprint density at radius 2 is 2.00 bits per heavy atom. The minimum absolute atomic E-state index is 0.0506. The Hall–Kier alpha value is -1.96. The zero-order chi connectivity index (χ0) is 12.7. The topological polar surface area (TPSA) is 17.1 Å². The van der Waals surface area contributed by atoms with Gasteiger partial charge < -0.3 is 0 Å². The SMILES string of the molecule is Cc1cc(F)ccc1C(=O)C1Cc2ccccc21. The number of Topliss-reactive ketones (excluding diaryl/α,β-unsaturated/α-hetero) is 1. The third-order valence-corrected chi connectivity index (χ3v) is 3.62. The van der Waals surface area contributed by atoms with E-state index in [0.29, 0.717) is 11.1 Å². The van der Waals surface area contributed by atoms with Crippen molar-refractivity contribution in [2.75, 3.05) is 0 Å². The maximum atomic E-state index is 13.0. The van der Waals surface area contributed by atoms with Crippen LogP contribution < -0.4 is 0 Å². The number of fused-ring (bicyclic) bond motifs is 1. The van der Waals surface area contributed by atoms with Crippen LogP contribution in [0.4, 0.5) is 4.39 Å². The molecule has 0 aromatic heterocycles. The summed E-state index contributed by atoms with van der Waals surface area (Å²) in [6.07, 6.45) is 0.797. The normalized spacial score (nSPS) is 16.9. The summed E-state index contributed by atoms with van der Waals surface area (Å²) in [5, 5.41) is 0. The first-order valence-corrected chi connectivity index (χ1v) is 6.05. The van der Waals surface area contributed by atoms with Crippen molar-refractivity contribution in [1.29, 1.82) is 0 Å². The van der Waals surface area contributed by atoms with Crippen molar-refractivity contribution >= 4 is 5.78 Å². The molecule has 0 saturated carbocycles. The van der Waals surface area contributed by atoms with E-state index in [1.54, 1.807) is 13.0 Å². The zero-order valence-corrected chi connectivity index (χ0v) is 10.1. The van der Waals surface area contributed by atoms with E-state index >= 15 is 0 Å². The first-order valence-electron chi connectivity index (χ1n) is 6.05. The number of rotatable bonds is 2. The van der Waals surface area contributed by atoms with E-state index in [9.17, 15) is 9.18 Å². The summed E-state index contributed by atoms with van der Waals surface area (Å²) >= 11 is 0. The number of carbonyl (C=O) groups excluding carboxylic acids is 1. The molecule has 0 saturated heterocycles. The minimum Gasteiger partial charge on any atom is -0.293 e. The second kappa shape index (κ2) is 4.05. The molecule has 2 heteroatoms. The Balaban J connectivity index is 1.94. The maximum Gasteiger partial charge on any atom is 0.170 e. The fraction of sp³-hybridized carbons (Fsp3) is 0.188. The van der Waals surface area contributed by atoms with Gasteiger partial charge in [-0.15, -0.1) is 0 Å².